The van der Waals surface area contributed by atoms with Crippen LogP contribution in [0.2, 0.25) is 12.6 Å². The zero-order valence-electron chi connectivity index (χ0n) is 9.29. The molecule has 0 aromatic rings. The van der Waals surface area contributed by atoms with E-state index in [1.54, 1.807) is 7.11 Å². The Labute approximate surface area is 87.6 Å². The SMILES string of the molecule is CO[Si](C)(CCCN)OCCCCO. The Kier molecular flexibility index (Phi) is 8.41. The zero-order chi connectivity index (χ0) is 10.9. The number of hydrogen-bond donors (Lipinski definition) is 2. The minimum absolute atomic E-state index is 0.234. The number of aliphatic hydroxyl groups is 1. The highest BCUT2D eigenvalue weighted by atomic mass is 28.4. The van der Waals surface area contributed by atoms with Crippen LogP contribution < -0.4 is 5.73 Å². The van der Waals surface area contributed by atoms with Crippen molar-refractivity contribution in [3.05, 3.63) is 0 Å². The van der Waals surface area contributed by atoms with E-state index in [4.69, 9.17) is 19.7 Å². The molecule has 86 valence electrons. The lowest BCUT2D eigenvalue weighted by atomic mass is 10.3. The molecule has 0 aliphatic carbocycles. The number of nitrogens with two attached hydrogens (primary N) is 1. The Hall–Kier alpha value is 0.0569. The van der Waals surface area contributed by atoms with Crippen LogP contribution in [0.1, 0.15) is 19.3 Å². The average Bonchev–Trinajstić information content (AvgIpc) is 2.22. The van der Waals surface area contributed by atoms with E-state index < -0.39 is 8.56 Å². The van der Waals surface area contributed by atoms with Crippen LogP contribution in [0.15, 0.2) is 0 Å². The summed E-state index contributed by atoms with van der Waals surface area (Å²) >= 11 is 0. The van der Waals surface area contributed by atoms with E-state index in [1.165, 1.54) is 0 Å². The maximum absolute atomic E-state index is 8.60. The van der Waals surface area contributed by atoms with Crippen LogP contribution in [0, 0.1) is 0 Å². The molecule has 0 heterocycles. The molecule has 0 fully saturated rings. The summed E-state index contributed by atoms with van der Waals surface area (Å²) in [5.74, 6) is 0. The lowest BCUT2D eigenvalue weighted by molar-refractivity contribution is 0.190. The Morgan fingerprint density at radius 3 is 2.50 bits per heavy atom. The van der Waals surface area contributed by atoms with Crippen LogP contribution in [0.4, 0.5) is 0 Å². The summed E-state index contributed by atoms with van der Waals surface area (Å²) in [6.45, 7) is 3.66. The lowest BCUT2D eigenvalue weighted by Gasteiger charge is -2.24. The van der Waals surface area contributed by atoms with Crippen molar-refractivity contribution in [3.63, 3.8) is 0 Å². The summed E-state index contributed by atoms with van der Waals surface area (Å²) in [4.78, 5) is 0. The molecule has 0 amide bonds. The zero-order valence-corrected chi connectivity index (χ0v) is 10.3. The quantitative estimate of drug-likeness (QED) is 0.447. The number of unbranched alkanes of at least 4 members (excludes halogenated alkanes) is 1. The Morgan fingerprint density at radius 2 is 2.00 bits per heavy atom. The maximum Gasteiger partial charge on any atom is 0.334 e. The van der Waals surface area contributed by atoms with E-state index in [2.05, 4.69) is 6.55 Å². The third-order valence-electron chi connectivity index (χ3n) is 2.23. The first kappa shape index (κ1) is 14.1. The van der Waals surface area contributed by atoms with Crippen LogP contribution in [-0.4, -0.2) is 40.5 Å². The summed E-state index contributed by atoms with van der Waals surface area (Å²) in [6, 6.07) is 0.944. The molecule has 0 aliphatic rings. The number of hydrogen-bond acceptors (Lipinski definition) is 4. The second-order valence-electron chi connectivity index (χ2n) is 3.51. The third kappa shape index (κ3) is 6.50. The highest BCUT2D eigenvalue weighted by molar-refractivity contribution is 6.65. The van der Waals surface area contributed by atoms with Gasteiger partial charge in [0.25, 0.3) is 0 Å². The van der Waals surface area contributed by atoms with Gasteiger partial charge in [0.2, 0.25) is 0 Å². The fourth-order valence-electron chi connectivity index (χ4n) is 1.16. The maximum atomic E-state index is 8.60. The Morgan fingerprint density at radius 1 is 1.29 bits per heavy atom. The molecule has 0 aromatic carbocycles. The molecule has 0 saturated heterocycles. The van der Waals surface area contributed by atoms with Crippen LogP contribution >= 0.6 is 0 Å². The standard InChI is InChI=1S/C9H23NO3Si/c1-12-14(2,9-5-6-10)13-8-4-3-7-11/h11H,3-10H2,1-2H3. The predicted octanol–water partition coefficient (Wildman–Crippen LogP) is 0.843. The van der Waals surface area contributed by atoms with E-state index >= 15 is 0 Å². The molecule has 14 heavy (non-hydrogen) atoms. The van der Waals surface area contributed by atoms with E-state index in [0.717, 1.165) is 25.3 Å². The van der Waals surface area contributed by atoms with Gasteiger partial charge >= 0.3 is 8.56 Å². The summed E-state index contributed by atoms with van der Waals surface area (Å²) < 4.78 is 11.2. The largest absolute Gasteiger partial charge is 0.398 e. The van der Waals surface area contributed by atoms with Gasteiger partial charge in [0.1, 0.15) is 0 Å². The number of aliphatic hydroxyl groups excluding tert-OH is 1. The van der Waals surface area contributed by atoms with E-state index in [-0.39, 0.29) is 6.61 Å². The van der Waals surface area contributed by atoms with Crippen molar-refractivity contribution in [2.24, 2.45) is 5.73 Å². The van der Waals surface area contributed by atoms with Gasteiger partial charge in [-0.25, -0.2) is 0 Å². The van der Waals surface area contributed by atoms with Crippen molar-refractivity contribution in [1.82, 2.24) is 0 Å². The Balaban J connectivity index is 3.63. The molecule has 0 spiro atoms. The molecule has 1 atom stereocenters. The van der Waals surface area contributed by atoms with Gasteiger partial charge in [-0.3, -0.25) is 0 Å². The van der Waals surface area contributed by atoms with Crippen molar-refractivity contribution in [1.29, 1.82) is 0 Å². The summed E-state index contributed by atoms with van der Waals surface area (Å²) in [5, 5.41) is 8.60. The van der Waals surface area contributed by atoms with Crippen molar-refractivity contribution in [3.8, 4) is 0 Å². The van der Waals surface area contributed by atoms with Crippen molar-refractivity contribution < 1.29 is 14.0 Å². The second-order valence-corrected chi connectivity index (χ2v) is 6.97. The van der Waals surface area contributed by atoms with Crippen LogP contribution in [0.5, 0.6) is 0 Å². The summed E-state index contributed by atoms with van der Waals surface area (Å²) in [5.41, 5.74) is 5.44. The molecule has 0 bridgehead atoms. The molecule has 4 nitrogen and oxygen atoms in total. The van der Waals surface area contributed by atoms with Gasteiger partial charge < -0.3 is 19.7 Å². The molecule has 5 heteroatoms. The molecule has 0 radical (unpaired) electrons. The third-order valence-corrected chi connectivity index (χ3v) is 5.17. The van der Waals surface area contributed by atoms with Gasteiger partial charge in [0.05, 0.1) is 0 Å². The molecule has 0 rings (SSSR count). The highest BCUT2D eigenvalue weighted by Crippen LogP contribution is 2.14. The van der Waals surface area contributed by atoms with E-state index in [9.17, 15) is 0 Å². The first-order valence-corrected chi connectivity index (χ1v) is 7.71. The molecule has 3 N–H and O–H groups in total. The fraction of sp³-hybridized carbons (Fsp3) is 1.00. The van der Waals surface area contributed by atoms with Gasteiger partial charge in [-0.2, -0.15) is 0 Å². The Bertz CT molecular complexity index is 137. The van der Waals surface area contributed by atoms with Crippen LogP contribution in [-0.2, 0) is 8.85 Å². The summed E-state index contributed by atoms with van der Waals surface area (Å²) in [7, 11) is -0.253. The normalized spacial score (nSPS) is 15.4. The molecule has 1 unspecified atom stereocenters. The number of rotatable bonds is 9. The first-order chi connectivity index (χ1) is 6.68. The minimum atomic E-state index is -1.96. The molecule has 0 aromatic heterocycles. The van der Waals surface area contributed by atoms with Crippen molar-refractivity contribution in [2.75, 3.05) is 26.9 Å². The van der Waals surface area contributed by atoms with E-state index in [1.807, 2.05) is 0 Å². The van der Waals surface area contributed by atoms with Gasteiger partial charge in [0, 0.05) is 20.3 Å². The molecular formula is C9H23NO3Si. The fourth-order valence-corrected chi connectivity index (χ4v) is 3.05. The van der Waals surface area contributed by atoms with Crippen LogP contribution in [0.25, 0.3) is 0 Å². The molecular weight excluding hydrogens is 198 g/mol. The minimum Gasteiger partial charge on any atom is -0.398 e. The lowest BCUT2D eigenvalue weighted by Crippen LogP contribution is -2.38. The van der Waals surface area contributed by atoms with Gasteiger partial charge in [-0.05, 0) is 38.4 Å². The van der Waals surface area contributed by atoms with Crippen molar-refractivity contribution >= 4 is 8.56 Å². The smallest absolute Gasteiger partial charge is 0.334 e. The van der Waals surface area contributed by atoms with Crippen LogP contribution in [0.3, 0.4) is 0 Å². The molecule has 0 aliphatic heterocycles. The summed E-state index contributed by atoms with van der Waals surface area (Å²) in [6.07, 6.45) is 2.65. The second kappa shape index (κ2) is 8.37. The highest BCUT2D eigenvalue weighted by Gasteiger charge is 2.28. The predicted molar refractivity (Wildman–Crippen MR) is 59.4 cm³/mol. The first-order valence-electron chi connectivity index (χ1n) is 5.18. The average molecular weight is 221 g/mol. The van der Waals surface area contributed by atoms with Gasteiger partial charge in [-0.15, -0.1) is 0 Å². The topological polar surface area (TPSA) is 64.7 Å². The van der Waals surface area contributed by atoms with Gasteiger partial charge in [-0.1, -0.05) is 0 Å². The molecule has 0 saturated carbocycles. The van der Waals surface area contributed by atoms with E-state index in [0.29, 0.717) is 13.2 Å². The van der Waals surface area contributed by atoms with Gasteiger partial charge in [0.15, 0.2) is 0 Å². The van der Waals surface area contributed by atoms with Crippen molar-refractivity contribution in [2.45, 2.75) is 31.9 Å². The monoisotopic (exact) mass is 221 g/mol.